The van der Waals surface area contributed by atoms with E-state index in [1.807, 2.05) is 0 Å². The van der Waals surface area contributed by atoms with Crippen molar-refractivity contribution in [3.8, 4) is 0 Å². The first kappa shape index (κ1) is 9.50. The van der Waals surface area contributed by atoms with E-state index in [1.165, 1.54) is 5.48 Å². The van der Waals surface area contributed by atoms with Crippen LogP contribution < -0.4 is 10.8 Å². The fraction of sp³-hybridized carbons (Fsp3) is 0.125. The van der Waals surface area contributed by atoms with Gasteiger partial charge in [0.05, 0.1) is 6.61 Å². The van der Waals surface area contributed by atoms with E-state index >= 15 is 0 Å². The Bertz CT molecular complexity index is 284. The van der Waals surface area contributed by atoms with Gasteiger partial charge in [0.15, 0.2) is 0 Å². The molecular weight excluding hydrogens is 172 g/mol. The van der Waals surface area contributed by atoms with E-state index in [1.54, 1.807) is 24.3 Å². The van der Waals surface area contributed by atoms with Gasteiger partial charge in [-0.15, -0.1) is 0 Å². The van der Waals surface area contributed by atoms with Crippen molar-refractivity contribution in [1.82, 2.24) is 5.48 Å². The van der Waals surface area contributed by atoms with Crippen LogP contribution in [0.15, 0.2) is 24.3 Å². The quantitative estimate of drug-likeness (QED) is 0.401. The Hall–Kier alpha value is -1.59. The number of benzene rings is 1. The highest BCUT2D eigenvalue weighted by Gasteiger charge is 1.98. The normalized spacial score (nSPS) is 9.38. The van der Waals surface area contributed by atoms with Gasteiger partial charge in [0.25, 0.3) is 0 Å². The molecule has 0 aromatic heterocycles. The Morgan fingerprint density at radius 1 is 1.31 bits per heavy atom. The van der Waals surface area contributed by atoms with Gasteiger partial charge in [0, 0.05) is 5.69 Å². The summed E-state index contributed by atoms with van der Waals surface area (Å²) >= 11 is 0. The lowest BCUT2D eigenvalue weighted by Gasteiger charge is -2.03. The molecule has 0 saturated heterocycles. The second kappa shape index (κ2) is 4.44. The standard InChI is InChI=1S/C8H10N2O3/c11-5-6-1-3-7(4-2-6)9-8(12)10-13/h1-4,11,13H,5H2,(H2,9,10,12). The molecule has 0 unspecified atom stereocenters. The van der Waals surface area contributed by atoms with Crippen LogP contribution >= 0.6 is 0 Å². The largest absolute Gasteiger partial charge is 0.392 e. The van der Waals surface area contributed by atoms with Crippen LogP contribution in [0.3, 0.4) is 0 Å². The maximum atomic E-state index is 10.6. The maximum Gasteiger partial charge on any atom is 0.342 e. The highest BCUT2D eigenvalue weighted by molar-refractivity contribution is 5.88. The molecule has 70 valence electrons. The van der Waals surface area contributed by atoms with Gasteiger partial charge in [0.2, 0.25) is 0 Å². The van der Waals surface area contributed by atoms with E-state index in [0.29, 0.717) is 5.69 Å². The number of aliphatic hydroxyl groups excluding tert-OH is 1. The fourth-order valence-corrected chi connectivity index (χ4v) is 0.853. The smallest absolute Gasteiger partial charge is 0.342 e. The third-order valence-electron chi connectivity index (χ3n) is 1.50. The molecule has 0 aliphatic rings. The molecule has 5 nitrogen and oxygen atoms in total. The number of hydrogen-bond acceptors (Lipinski definition) is 3. The molecule has 0 aliphatic heterocycles. The van der Waals surface area contributed by atoms with Gasteiger partial charge in [-0.3, -0.25) is 5.21 Å². The summed E-state index contributed by atoms with van der Waals surface area (Å²) in [4.78, 5) is 10.6. The summed E-state index contributed by atoms with van der Waals surface area (Å²) in [5.41, 5.74) is 2.75. The molecule has 0 fully saturated rings. The van der Waals surface area contributed by atoms with Crippen LogP contribution in [0.4, 0.5) is 10.5 Å². The van der Waals surface area contributed by atoms with Crippen LogP contribution in [0, 0.1) is 0 Å². The van der Waals surface area contributed by atoms with Crippen LogP contribution in [0.25, 0.3) is 0 Å². The molecule has 0 spiro atoms. The van der Waals surface area contributed by atoms with Gasteiger partial charge in [-0.05, 0) is 17.7 Å². The number of rotatable bonds is 2. The van der Waals surface area contributed by atoms with Gasteiger partial charge in [-0.25, -0.2) is 10.3 Å². The Balaban J connectivity index is 2.64. The number of hydroxylamine groups is 1. The second-order valence-corrected chi connectivity index (χ2v) is 2.42. The Kier molecular flexibility index (Phi) is 3.24. The number of carbonyl (C=O) groups excluding carboxylic acids is 1. The number of nitrogens with one attached hydrogen (secondary N) is 2. The SMILES string of the molecule is O=C(NO)Nc1ccc(CO)cc1. The van der Waals surface area contributed by atoms with Crippen LogP contribution in [-0.2, 0) is 6.61 Å². The van der Waals surface area contributed by atoms with Crippen LogP contribution in [-0.4, -0.2) is 16.3 Å². The number of anilines is 1. The van der Waals surface area contributed by atoms with Crippen molar-refractivity contribution in [3.05, 3.63) is 29.8 Å². The predicted octanol–water partition coefficient (Wildman–Crippen LogP) is 0.690. The number of amides is 2. The topological polar surface area (TPSA) is 81.6 Å². The minimum absolute atomic E-state index is 0.0352. The maximum absolute atomic E-state index is 10.6. The predicted molar refractivity (Wildman–Crippen MR) is 46.3 cm³/mol. The monoisotopic (exact) mass is 182 g/mol. The van der Waals surface area contributed by atoms with Crippen molar-refractivity contribution in [2.75, 3.05) is 5.32 Å². The van der Waals surface area contributed by atoms with Gasteiger partial charge in [-0.1, -0.05) is 12.1 Å². The highest BCUT2D eigenvalue weighted by atomic mass is 16.5. The summed E-state index contributed by atoms with van der Waals surface area (Å²) < 4.78 is 0. The Morgan fingerprint density at radius 3 is 2.38 bits per heavy atom. The average Bonchev–Trinajstić information content (AvgIpc) is 2.19. The minimum atomic E-state index is -0.697. The van der Waals surface area contributed by atoms with Gasteiger partial charge < -0.3 is 10.4 Å². The molecular formula is C8H10N2O3. The summed E-state index contributed by atoms with van der Waals surface area (Å²) in [6.07, 6.45) is 0. The minimum Gasteiger partial charge on any atom is -0.392 e. The van der Waals surface area contributed by atoms with E-state index in [2.05, 4.69) is 5.32 Å². The molecule has 0 aliphatic carbocycles. The summed E-state index contributed by atoms with van der Waals surface area (Å²) in [6.45, 7) is -0.0352. The summed E-state index contributed by atoms with van der Waals surface area (Å²) in [5.74, 6) is 0. The zero-order chi connectivity index (χ0) is 9.68. The van der Waals surface area contributed by atoms with Crippen molar-refractivity contribution < 1.29 is 15.1 Å². The molecule has 1 aromatic carbocycles. The lowest BCUT2D eigenvalue weighted by atomic mass is 10.2. The third kappa shape index (κ3) is 2.73. The summed E-state index contributed by atoms with van der Waals surface area (Å²) in [7, 11) is 0. The third-order valence-corrected chi connectivity index (χ3v) is 1.50. The zero-order valence-corrected chi connectivity index (χ0v) is 6.82. The van der Waals surface area contributed by atoms with Gasteiger partial charge in [-0.2, -0.15) is 0 Å². The van der Waals surface area contributed by atoms with Crippen molar-refractivity contribution in [1.29, 1.82) is 0 Å². The molecule has 1 rings (SSSR count). The van der Waals surface area contributed by atoms with Gasteiger partial charge >= 0.3 is 6.03 Å². The Morgan fingerprint density at radius 2 is 1.92 bits per heavy atom. The number of hydrogen-bond donors (Lipinski definition) is 4. The first-order valence-electron chi connectivity index (χ1n) is 3.67. The highest BCUT2D eigenvalue weighted by Crippen LogP contribution is 2.08. The fourth-order valence-electron chi connectivity index (χ4n) is 0.853. The molecule has 0 radical (unpaired) electrons. The molecule has 13 heavy (non-hydrogen) atoms. The van der Waals surface area contributed by atoms with E-state index in [9.17, 15) is 4.79 Å². The first-order chi connectivity index (χ1) is 6.26. The zero-order valence-electron chi connectivity index (χ0n) is 6.82. The number of carbonyl (C=O) groups is 1. The lowest BCUT2D eigenvalue weighted by Crippen LogP contribution is -2.24. The molecule has 5 heteroatoms. The van der Waals surface area contributed by atoms with E-state index in [-0.39, 0.29) is 6.61 Å². The molecule has 1 aromatic rings. The molecule has 0 heterocycles. The summed E-state index contributed by atoms with van der Waals surface area (Å²) in [5, 5.41) is 19.3. The molecule has 0 bridgehead atoms. The molecule has 2 amide bonds. The number of urea groups is 1. The van der Waals surface area contributed by atoms with Crippen molar-refractivity contribution in [2.24, 2.45) is 0 Å². The van der Waals surface area contributed by atoms with Crippen molar-refractivity contribution in [3.63, 3.8) is 0 Å². The van der Waals surface area contributed by atoms with Crippen LogP contribution in [0.2, 0.25) is 0 Å². The van der Waals surface area contributed by atoms with Crippen molar-refractivity contribution in [2.45, 2.75) is 6.61 Å². The summed E-state index contributed by atoms with van der Waals surface area (Å²) in [6, 6.07) is 5.90. The molecule has 0 atom stereocenters. The average molecular weight is 182 g/mol. The van der Waals surface area contributed by atoms with E-state index < -0.39 is 6.03 Å². The molecule has 4 N–H and O–H groups in total. The van der Waals surface area contributed by atoms with Crippen molar-refractivity contribution >= 4 is 11.7 Å². The second-order valence-electron chi connectivity index (χ2n) is 2.42. The van der Waals surface area contributed by atoms with E-state index in [4.69, 9.17) is 10.3 Å². The van der Waals surface area contributed by atoms with Crippen LogP contribution in [0.1, 0.15) is 5.56 Å². The molecule has 0 saturated carbocycles. The van der Waals surface area contributed by atoms with E-state index in [0.717, 1.165) is 5.56 Å². The first-order valence-corrected chi connectivity index (χ1v) is 3.67. The lowest BCUT2D eigenvalue weighted by molar-refractivity contribution is 0.172. The van der Waals surface area contributed by atoms with Crippen LogP contribution in [0.5, 0.6) is 0 Å². The Labute approximate surface area is 75.0 Å². The van der Waals surface area contributed by atoms with Gasteiger partial charge in [0.1, 0.15) is 0 Å². The number of aliphatic hydroxyl groups is 1.